The van der Waals surface area contributed by atoms with E-state index < -0.39 is 0 Å². The van der Waals surface area contributed by atoms with Crippen molar-refractivity contribution in [3.8, 4) is 6.07 Å². The van der Waals surface area contributed by atoms with Gasteiger partial charge < -0.3 is 0 Å². The molecule has 1 nitrogen and oxygen atoms in total. The second-order valence-electron chi connectivity index (χ2n) is 4.13. The number of hydrogen-bond donors (Lipinski definition) is 0. The van der Waals surface area contributed by atoms with E-state index >= 15 is 0 Å². The quantitative estimate of drug-likeness (QED) is 0.534. The molecule has 2 aromatic carbocycles. The molecule has 0 bridgehead atoms. The smallest absolute Gasteiger partial charge is 0.101 e. The molecule has 19 heavy (non-hydrogen) atoms. The van der Waals surface area contributed by atoms with Crippen LogP contribution < -0.4 is 0 Å². The van der Waals surface area contributed by atoms with Crippen LogP contribution in [0.5, 0.6) is 0 Å². The molecular weight excluding hydrogens is 322 g/mol. The van der Waals surface area contributed by atoms with Gasteiger partial charge in [0.1, 0.15) is 6.07 Å². The predicted octanol–water partition coefficient (Wildman–Crippen LogP) is 5.39. The second-order valence-corrected chi connectivity index (χ2v) is 5.42. The van der Waals surface area contributed by atoms with Crippen LogP contribution in [0.15, 0.2) is 53.0 Å². The lowest BCUT2D eigenvalue weighted by Gasteiger charge is -2.08. The summed E-state index contributed by atoms with van der Waals surface area (Å²) < 4.78 is 0.997. The maximum absolute atomic E-state index is 9.36. The van der Waals surface area contributed by atoms with E-state index in [1.165, 1.54) is 0 Å². The van der Waals surface area contributed by atoms with Gasteiger partial charge in [0.2, 0.25) is 0 Å². The highest BCUT2D eigenvalue weighted by molar-refractivity contribution is 9.10. The van der Waals surface area contributed by atoms with Gasteiger partial charge >= 0.3 is 0 Å². The van der Waals surface area contributed by atoms with Gasteiger partial charge in [-0.25, -0.2) is 0 Å². The molecule has 0 saturated heterocycles. The zero-order chi connectivity index (χ0) is 13.8. The van der Waals surface area contributed by atoms with E-state index in [-0.39, 0.29) is 0 Å². The van der Waals surface area contributed by atoms with Gasteiger partial charge in [0.25, 0.3) is 0 Å². The minimum atomic E-state index is 0.485. The third-order valence-corrected chi connectivity index (χ3v) is 3.70. The molecule has 0 radical (unpaired) electrons. The van der Waals surface area contributed by atoms with E-state index in [4.69, 9.17) is 11.6 Å². The van der Waals surface area contributed by atoms with E-state index in [0.29, 0.717) is 10.6 Å². The van der Waals surface area contributed by atoms with Crippen LogP contribution in [-0.4, -0.2) is 0 Å². The zero-order valence-corrected chi connectivity index (χ0v) is 12.7. The van der Waals surface area contributed by atoms with Crippen molar-refractivity contribution >= 4 is 38.1 Å². The first-order valence-corrected chi connectivity index (χ1v) is 6.92. The lowest BCUT2D eigenvalue weighted by atomic mass is 10.0. The van der Waals surface area contributed by atoms with Crippen LogP contribution in [0.2, 0.25) is 0 Å². The van der Waals surface area contributed by atoms with Gasteiger partial charge in [0.05, 0.1) is 10.6 Å². The molecule has 0 aromatic heterocycles. The molecule has 0 fully saturated rings. The summed E-state index contributed by atoms with van der Waals surface area (Å²) in [6.45, 7) is 1.97. The molecule has 0 unspecified atom stereocenters. The lowest BCUT2D eigenvalue weighted by Crippen LogP contribution is -1.89. The SMILES string of the molecule is Cc1cc(Br)ccc1C(Cl)=C(C#N)c1ccccc1. The first kappa shape index (κ1) is 13.9. The Bertz CT molecular complexity index is 669. The van der Waals surface area contributed by atoms with Crippen LogP contribution >= 0.6 is 27.5 Å². The maximum Gasteiger partial charge on any atom is 0.101 e. The molecule has 3 heteroatoms. The number of halogens is 2. The molecule has 0 aliphatic heterocycles. The molecule has 0 atom stereocenters. The maximum atomic E-state index is 9.36. The van der Waals surface area contributed by atoms with Crippen molar-refractivity contribution in [3.63, 3.8) is 0 Å². The Morgan fingerprint density at radius 1 is 1.16 bits per heavy atom. The standard InChI is InChI=1S/C16H11BrClN/c1-11-9-13(17)7-8-14(11)16(18)15(10-19)12-5-3-2-4-6-12/h2-9H,1H3. The van der Waals surface area contributed by atoms with Crippen LogP contribution in [0.3, 0.4) is 0 Å². The first-order valence-electron chi connectivity index (χ1n) is 5.75. The largest absolute Gasteiger partial charge is 0.192 e. The Kier molecular flexibility index (Phi) is 4.42. The molecule has 0 spiro atoms. The first-order chi connectivity index (χ1) is 9.13. The van der Waals surface area contributed by atoms with Crippen LogP contribution in [0.1, 0.15) is 16.7 Å². The predicted molar refractivity (Wildman–Crippen MR) is 83.6 cm³/mol. The van der Waals surface area contributed by atoms with Crippen LogP contribution in [-0.2, 0) is 0 Å². The average molecular weight is 333 g/mol. The topological polar surface area (TPSA) is 23.8 Å². The minimum Gasteiger partial charge on any atom is -0.192 e. The summed E-state index contributed by atoms with van der Waals surface area (Å²) in [6, 6.07) is 17.5. The van der Waals surface area contributed by atoms with Crippen molar-refractivity contribution < 1.29 is 0 Å². The highest BCUT2D eigenvalue weighted by Crippen LogP contribution is 2.32. The number of rotatable bonds is 2. The minimum absolute atomic E-state index is 0.485. The van der Waals surface area contributed by atoms with Crippen molar-refractivity contribution in [3.05, 3.63) is 69.7 Å². The Hall–Kier alpha value is -1.56. The van der Waals surface area contributed by atoms with Gasteiger partial charge in [-0.1, -0.05) is 63.9 Å². The molecule has 0 saturated carbocycles. The molecule has 0 N–H and O–H groups in total. The average Bonchev–Trinajstić information content (AvgIpc) is 2.40. The molecule has 0 heterocycles. The van der Waals surface area contributed by atoms with Gasteiger partial charge in [-0.05, 0) is 35.7 Å². The summed E-state index contributed by atoms with van der Waals surface area (Å²) in [4.78, 5) is 0. The fourth-order valence-electron chi connectivity index (χ4n) is 1.85. The fraction of sp³-hybridized carbons (Fsp3) is 0.0625. The monoisotopic (exact) mass is 331 g/mol. The van der Waals surface area contributed by atoms with Crippen molar-refractivity contribution in [2.45, 2.75) is 6.92 Å². The van der Waals surface area contributed by atoms with Crippen molar-refractivity contribution in [1.29, 1.82) is 5.26 Å². The number of hydrogen-bond acceptors (Lipinski definition) is 1. The third kappa shape index (κ3) is 3.07. The second kappa shape index (κ2) is 6.06. The summed E-state index contributed by atoms with van der Waals surface area (Å²) in [6.07, 6.45) is 0. The van der Waals surface area contributed by atoms with Gasteiger partial charge in [-0.3, -0.25) is 0 Å². The fourth-order valence-corrected chi connectivity index (χ4v) is 2.69. The summed E-state index contributed by atoms with van der Waals surface area (Å²) in [5.41, 5.74) is 3.23. The van der Waals surface area contributed by atoms with E-state index in [2.05, 4.69) is 22.0 Å². The van der Waals surface area contributed by atoms with Crippen molar-refractivity contribution in [2.75, 3.05) is 0 Å². The highest BCUT2D eigenvalue weighted by atomic mass is 79.9. The molecule has 2 rings (SSSR count). The number of allylic oxidation sites excluding steroid dienone is 1. The van der Waals surface area contributed by atoms with Gasteiger partial charge in [-0.15, -0.1) is 0 Å². The Morgan fingerprint density at radius 2 is 1.84 bits per heavy atom. The molecule has 2 aromatic rings. The molecule has 0 aliphatic carbocycles. The zero-order valence-electron chi connectivity index (χ0n) is 10.3. The Balaban J connectivity index is 2.59. The summed E-state index contributed by atoms with van der Waals surface area (Å²) in [5, 5.41) is 9.84. The number of nitrogens with zero attached hydrogens (tertiary/aromatic N) is 1. The Labute approximate surface area is 126 Å². The van der Waals surface area contributed by atoms with Gasteiger partial charge in [0.15, 0.2) is 0 Å². The van der Waals surface area contributed by atoms with E-state index in [1.54, 1.807) is 0 Å². The third-order valence-electron chi connectivity index (χ3n) is 2.82. The van der Waals surface area contributed by atoms with Gasteiger partial charge in [-0.2, -0.15) is 5.26 Å². The molecule has 0 amide bonds. The van der Waals surface area contributed by atoms with E-state index in [1.807, 2.05) is 55.5 Å². The summed E-state index contributed by atoms with van der Waals surface area (Å²) >= 11 is 9.83. The van der Waals surface area contributed by atoms with Gasteiger partial charge in [0, 0.05) is 4.47 Å². The molecule has 94 valence electrons. The van der Waals surface area contributed by atoms with E-state index in [9.17, 15) is 5.26 Å². The highest BCUT2D eigenvalue weighted by Gasteiger charge is 2.11. The number of aryl methyl sites for hydroxylation is 1. The number of benzene rings is 2. The van der Waals surface area contributed by atoms with Crippen LogP contribution in [0.4, 0.5) is 0 Å². The molecule has 0 aliphatic rings. The van der Waals surface area contributed by atoms with E-state index in [0.717, 1.165) is 21.2 Å². The summed E-state index contributed by atoms with van der Waals surface area (Å²) in [7, 11) is 0. The van der Waals surface area contributed by atoms with Crippen LogP contribution in [0.25, 0.3) is 10.6 Å². The Morgan fingerprint density at radius 3 is 2.42 bits per heavy atom. The molecular formula is C16H11BrClN. The normalized spacial score (nSPS) is 11.7. The summed E-state index contributed by atoms with van der Waals surface area (Å²) in [5.74, 6) is 0. The van der Waals surface area contributed by atoms with Crippen LogP contribution in [0, 0.1) is 18.3 Å². The van der Waals surface area contributed by atoms with Crippen molar-refractivity contribution in [2.24, 2.45) is 0 Å². The van der Waals surface area contributed by atoms with Crippen molar-refractivity contribution in [1.82, 2.24) is 0 Å². The number of nitriles is 1. The lowest BCUT2D eigenvalue weighted by molar-refractivity contribution is 1.42.